The molecule has 146 valence electrons. The van der Waals surface area contributed by atoms with Crippen molar-refractivity contribution in [3.8, 4) is 22.8 Å². The SMILES string of the molecule is COc1cc2c(cc1OC)-c1c(c3ccccc3c(=O)n1CCCN)C2=O.Cl. The lowest BCUT2D eigenvalue weighted by atomic mass is 10.0. The van der Waals surface area contributed by atoms with Crippen molar-refractivity contribution in [3.05, 3.63) is 57.9 Å². The fourth-order valence-electron chi connectivity index (χ4n) is 3.77. The molecule has 1 aromatic heterocycles. The Labute approximate surface area is 168 Å². The summed E-state index contributed by atoms with van der Waals surface area (Å²) in [6, 6.07) is 10.7. The van der Waals surface area contributed by atoms with E-state index < -0.39 is 0 Å². The van der Waals surface area contributed by atoms with Gasteiger partial charge in [-0.05, 0) is 31.2 Å². The lowest BCUT2D eigenvalue weighted by Crippen LogP contribution is -2.24. The maximum atomic E-state index is 13.3. The van der Waals surface area contributed by atoms with Gasteiger partial charge in [-0.15, -0.1) is 12.4 Å². The molecule has 2 N–H and O–H groups in total. The number of nitrogens with two attached hydrogens (primary N) is 1. The minimum absolute atomic E-state index is 0. The molecule has 6 nitrogen and oxygen atoms in total. The van der Waals surface area contributed by atoms with Crippen LogP contribution in [-0.4, -0.2) is 31.1 Å². The second-order valence-corrected chi connectivity index (χ2v) is 6.45. The number of fused-ring (bicyclic) bond motifs is 5. The zero-order valence-electron chi connectivity index (χ0n) is 15.7. The van der Waals surface area contributed by atoms with Gasteiger partial charge in [0.05, 0.1) is 25.5 Å². The van der Waals surface area contributed by atoms with Gasteiger partial charge in [0.25, 0.3) is 5.56 Å². The average Bonchev–Trinajstić information content (AvgIpc) is 2.99. The number of benzene rings is 2. The van der Waals surface area contributed by atoms with Crippen molar-refractivity contribution in [1.29, 1.82) is 0 Å². The van der Waals surface area contributed by atoms with Crippen molar-refractivity contribution >= 4 is 29.0 Å². The van der Waals surface area contributed by atoms with Gasteiger partial charge in [-0.2, -0.15) is 0 Å². The number of methoxy groups -OCH3 is 2. The van der Waals surface area contributed by atoms with E-state index in [1.165, 1.54) is 7.11 Å². The number of hydrogen-bond acceptors (Lipinski definition) is 5. The summed E-state index contributed by atoms with van der Waals surface area (Å²) in [7, 11) is 3.08. The standard InChI is InChI=1S/C21H20N2O4.ClH/c1-26-16-10-14-15(11-17(16)27-2)20(24)18-12-6-3-4-7-13(12)21(25)23(19(14)18)9-5-8-22;/h3-4,6-7,10-11H,5,8-9,22H2,1-2H3;1H. The summed E-state index contributed by atoms with van der Waals surface area (Å²) < 4.78 is 12.4. The first-order chi connectivity index (χ1) is 13.1. The summed E-state index contributed by atoms with van der Waals surface area (Å²) in [6.45, 7) is 0.907. The molecule has 0 spiro atoms. The van der Waals surface area contributed by atoms with Gasteiger partial charge >= 0.3 is 0 Å². The van der Waals surface area contributed by atoms with Crippen LogP contribution in [0.1, 0.15) is 22.3 Å². The highest BCUT2D eigenvalue weighted by atomic mass is 35.5. The van der Waals surface area contributed by atoms with Crippen LogP contribution in [0.15, 0.2) is 41.2 Å². The van der Waals surface area contributed by atoms with Gasteiger partial charge in [0, 0.05) is 28.4 Å². The first-order valence-corrected chi connectivity index (χ1v) is 8.79. The third-order valence-electron chi connectivity index (χ3n) is 5.02. The van der Waals surface area contributed by atoms with Gasteiger partial charge < -0.3 is 19.8 Å². The molecule has 7 heteroatoms. The smallest absolute Gasteiger partial charge is 0.258 e. The summed E-state index contributed by atoms with van der Waals surface area (Å²) in [5, 5.41) is 1.20. The number of aromatic nitrogens is 1. The zero-order valence-corrected chi connectivity index (χ0v) is 16.5. The highest BCUT2D eigenvalue weighted by Crippen LogP contribution is 2.44. The highest BCUT2D eigenvalue weighted by molar-refractivity contribution is 6.27. The molecule has 28 heavy (non-hydrogen) atoms. The molecule has 3 aromatic rings. The van der Waals surface area contributed by atoms with E-state index in [9.17, 15) is 9.59 Å². The molecule has 1 aliphatic rings. The Morgan fingerprint density at radius 3 is 2.18 bits per heavy atom. The molecule has 0 radical (unpaired) electrons. The van der Waals surface area contributed by atoms with Crippen LogP contribution >= 0.6 is 12.4 Å². The summed E-state index contributed by atoms with van der Waals surface area (Å²) in [5.74, 6) is 0.888. The maximum absolute atomic E-state index is 13.3. The van der Waals surface area contributed by atoms with Crippen LogP contribution in [0.25, 0.3) is 22.0 Å². The molecule has 0 saturated carbocycles. The number of halogens is 1. The van der Waals surface area contributed by atoms with E-state index in [1.807, 2.05) is 18.2 Å². The molecule has 0 bridgehead atoms. The molecule has 2 aromatic carbocycles. The number of rotatable bonds is 5. The van der Waals surface area contributed by atoms with Gasteiger partial charge in [-0.25, -0.2) is 0 Å². The Bertz CT molecular complexity index is 1140. The van der Waals surface area contributed by atoms with Crippen LogP contribution in [0, 0.1) is 0 Å². The van der Waals surface area contributed by atoms with E-state index >= 15 is 0 Å². The summed E-state index contributed by atoms with van der Waals surface area (Å²) in [6.07, 6.45) is 0.640. The number of carbonyl (C=O) groups excluding carboxylic acids is 1. The van der Waals surface area contributed by atoms with E-state index in [-0.39, 0.29) is 23.7 Å². The molecule has 0 unspecified atom stereocenters. The quantitative estimate of drug-likeness (QED) is 0.556. The Hall–Kier alpha value is -2.83. The van der Waals surface area contributed by atoms with Gasteiger partial charge in [-0.1, -0.05) is 18.2 Å². The third-order valence-corrected chi connectivity index (χ3v) is 5.02. The topological polar surface area (TPSA) is 83.6 Å². The lowest BCUT2D eigenvalue weighted by Gasteiger charge is -2.15. The number of ether oxygens (including phenoxy) is 2. The highest BCUT2D eigenvalue weighted by Gasteiger charge is 2.34. The minimum atomic E-state index is -0.117. The van der Waals surface area contributed by atoms with E-state index in [0.717, 1.165) is 0 Å². The first-order valence-electron chi connectivity index (χ1n) is 8.79. The van der Waals surface area contributed by atoms with Gasteiger partial charge in [0.15, 0.2) is 17.3 Å². The number of ketones is 1. The van der Waals surface area contributed by atoms with Gasteiger partial charge in [0.1, 0.15) is 0 Å². The fraction of sp³-hybridized carbons (Fsp3) is 0.238. The number of hydrogen-bond donors (Lipinski definition) is 1. The van der Waals surface area contributed by atoms with Crippen LogP contribution < -0.4 is 20.8 Å². The third kappa shape index (κ3) is 2.77. The zero-order chi connectivity index (χ0) is 19.1. The van der Waals surface area contributed by atoms with Crippen molar-refractivity contribution in [1.82, 2.24) is 4.57 Å². The van der Waals surface area contributed by atoms with Crippen LogP contribution in [0.5, 0.6) is 11.5 Å². The van der Waals surface area contributed by atoms with E-state index in [2.05, 4.69) is 0 Å². The number of carbonyl (C=O) groups is 1. The number of nitrogens with zero attached hydrogens (tertiary/aromatic N) is 1. The molecular formula is C21H21ClN2O4. The minimum Gasteiger partial charge on any atom is -0.493 e. The summed E-state index contributed by atoms with van der Waals surface area (Å²) >= 11 is 0. The Balaban J connectivity index is 0.00000225. The molecular weight excluding hydrogens is 380 g/mol. The van der Waals surface area contributed by atoms with Crippen LogP contribution in [0.4, 0.5) is 0 Å². The van der Waals surface area contributed by atoms with Crippen LogP contribution in [-0.2, 0) is 6.54 Å². The van der Waals surface area contributed by atoms with E-state index in [4.69, 9.17) is 15.2 Å². The van der Waals surface area contributed by atoms with Crippen LogP contribution in [0.2, 0.25) is 0 Å². The monoisotopic (exact) mass is 400 g/mol. The maximum Gasteiger partial charge on any atom is 0.258 e. The second-order valence-electron chi connectivity index (χ2n) is 6.45. The molecule has 0 amide bonds. The van der Waals surface area contributed by atoms with Gasteiger partial charge in [0.2, 0.25) is 0 Å². The van der Waals surface area contributed by atoms with Crippen molar-refractivity contribution < 1.29 is 14.3 Å². The predicted octanol–water partition coefficient (Wildman–Crippen LogP) is 3.00. The number of pyridine rings is 1. The van der Waals surface area contributed by atoms with Crippen molar-refractivity contribution in [2.75, 3.05) is 20.8 Å². The second kappa shape index (κ2) is 7.66. The van der Waals surface area contributed by atoms with E-state index in [1.54, 1.807) is 29.9 Å². The summed E-state index contributed by atoms with van der Waals surface area (Å²) in [5.41, 5.74) is 7.94. The van der Waals surface area contributed by atoms with Gasteiger partial charge in [-0.3, -0.25) is 9.59 Å². The largest absolute Gasteiger partial charge is 0.493 e. The predicted molar refractivity (Wildman–Crippen MR) is 111 cm³/mol. The molecule has 0 atom stereocenters. The molecule has 0 aliphatic heterocycles. The van der Waals surface area contributed by atoms with Crippen molar-refractivity contribution in [2.45, 2.75) is 13.0 Å². The Morgan fingerprint density at radius 2 is 1.57 bits per heavy atom. The Kier molecular flexibility index (Phi) is 5.45. The summed E-state index contributed by atoms with van der Waals surface area (Å²) in [4.78, 5) is 26.4. The lowest BCUT2D eigenvalue weighted by molar-refractivity contribution is 0.104. The first kappa shape index (κ1) is 19.9. The van der Waals surface area contributed by atoms with Crippen molar-refractivity contribution in [2.24, 2.45) is 5.73 Å². The Morgan fingerprint density at radius 1 is 0.964 bits per heavy atom. The van der Waals surface area contributed by atoms with Crippen molar-refractivity contribution in [3.63, 3.8) is 0 Å². The normalized spacial score (nSPS) is 11.8. The molecule has 1 heterocycles. The van der Waals surface area contributed by atoms with Crippen LogP contribution in [0.3, 0.4) is 0 Å². The molecule has 0 saturated heterocycles. The molecule has 1 aliphatic carbocycles. The molecule has 0 fully saturated rings. The fourth-order valence-corrected chi connectivity index (χ4v) is 3.77. The average molecular weight is 401 g/mol. The van der Waals surface area contributed by atoms with E-state index in [0.29, 0.717) is 64.2 Å². The molecule has 4 rings (SSSR count).